The minimum Gasteiger partial charge on any atom is -0.497 e. The van der Waals surface area contributed by atoms with E-state index in [-0.39, 0.29) is 0 Å². The molecule has 25 heavy (non-hydrogen) atoms. The molecule has 0 aliphatic carbocycles. The van der Waals surface area contributed by atoms with Gasteiger partial charge in [-0.05, 0) is 37.2 Å². The summed E-state index contributed by atoms with van der Waals surface area (Å²) < 4.78 is 22.1. The lowest BCUT2D eigenvalue weighted by atomic mass is 9.97. The van der Waals surface area contributed by atoms with Crippen molar-refractivity contribution in [3.63, 3.8) is 0 Å². The van der Waals surface area contributed by atoms with Crippen molar-refractivity contribution in [2.75, 3.05) is 34.1 Å². The van der Waals surface area contributed by atoms with Crippen LogP contribution in [0.4, 0.5) is 0 Å². The first-order valence-corrected chi connectivity index (χ1v) is 8.60. The molecular weight excluding hydrogens is 318 g/mol. The van der Waals surface area contributed by atoms with Crippen LogP contribution in [0.25, 0.3) is 0 Å². The quantitative estimate of drug-likeness (QED) is 0.833. The van der Waals surface area contributed by atoms with E-state index < -0.39 is 0 Å². The fourth-order valence-corrected chi connectivity index (χ4v) is 3.74. The Bertz CT molecular complexity index is 761. The van der Waals surface area contributed by atoms with E-state index in [2.05, 4.69) is 17.0 Å². The first-order chi connectivity index (χ1) is 12.3. The monoisotopic (exact) mass is 341 g/mol. The van der Waals surface area contributed by atoms with Crippen LogP contribution in [0.15, 0.2) is 36.4 Å². The number of para-hydroxylation sites is 1. The van der Waals surface area contributed by atoms with E-state index in [4.69, 9.17) is 18.9 Å². The molecular formula is C20H23NO4. The number of likely N-dealkylation sites (tertiary alicyclic amines) is 1. The van der Waals surface area contributed by atoms with Crippen molar-refractivity contribution in [2.45, 2.75) is 18.9 Å². The number of rotatable bonds is 5. The average molecular weight is 341 g/mol. The molecule has 0 aromatic heterocycles. The Morgan fingerprint density at radius 2 is 2.04 bits per heavy atom. The van der Waals surface area contributed by atoms with Gasteiger partial charge in [-0.25, -0.2) is 0 Å². The molecule has 2 aliphatic heterocycles. The van der Waals surface area contributed by atoms with Gasteiger partial charge in [-0.15, -0.1) is 0 Å². The summed E-state index contributed by atoms with van der Waals surface area (Å²) in [5.74, 6) is 4.00. The average Bonchev–Trinajstić information content (AvgIpc) is 3.31. The number of nitrogens with zero attached hydrogens (tertiary/aromatic N) is 1. The zero-order valence-corrected chi connectivity index (χ0v) is 14.7. The number of hydrogen-bond acceptors (Lipinski definition) is 5. The fraction of sp³-hybridized carbons (Fsp3) is 0.400. The maximum Gasteiger partial charge on any atom is 0.231 e. The lowest BCUT2D eigenvalue weighted by Crippen LogP contribution is -2.20. The molecule has 0 unspecified atom stereocenters. The zero-order chi connectivity index (χ0) is 17.2. The van der Waals surface area contributed by atoms with Crippen molar-refractivity contribution >= 4 is 0 Å². The summed E-state index contributed by atoms with van der Waals surface area (Å²) in [6.07, 6.45) is 1.11. The Morgan fingerprint density at radius 3 is 2.88 bits per heavy atom. The third-order valence-electron chi connectivity index (χ3n) is 5.02. The second kappa shape index (κ2) is 6.84. The van der Waals surface area contributed by atoms with Crippen molar-refractivity contribution in [3.8, 4) is 23.0 Å². The summed E-state index contributed by atoms with van der Waals surface area (Å²) in [5, 5.41) is 0. The second-order valence-corrected chi connectivity index (χ2v) is 6.48. The van der Waals surface area contributed by atoms with E-state index >= 15 is 0 Å². The van der Waals surface area contributed by atoms with Crippen LogP contribution in [-0.4, -0.2) is 39.0 Å². The van der Waals surface area contributed by atoms with Crippen LogP contribution in [0.3, 0.4) is 0 Å². The van der Waals surface area contributed by atoms with E-state index in [1.807, 2.05) is 24.3 Å². The smallest absolute Gasteiger partial charge is 0.231 e. The number of fused-ring (bicyclic) bond motifs is 1. The predicted molar refractivity (Wildman–Crippen MR) is 94.7 cm³/mol. The van der Waals surface area contributed by atoms with Gasteiger partial charge in [0.05, 0.1) is 14.2 Å². The molecule has 1 saturated heterocycles. The highest BCUT2D eigenvalue weighted by Gasteiger charge is 2.28. The van der Waals surface area contributed by atoms with Crippen LogP contribution < -0.4 is 18.9 Å². The number of hydrogen-bond donors (Lipinski definition) is 0. The molecule has 1 atom stereocenters. The molecule has 2 heterocycles. The molecule has 0 amide bonds. The molecule has 2 aromatic rings. The molecule has 132 valence electrons. The van der Waals surface area contributed by atoms with Crippen LogP contribution in [0, 0.1) is 0 Å². The Hall–Kier alpha value is -2.40. The SMILES string of the molecule is COc1ccc(OC)c([C@H]2CCN(Cc3cccc4c3OCO4)C2)c1. The van der Waals surface area contributed by atoms with E-state index in [0.717, 1.165) is 49.1 Å². The van der Waals surface area contributed by atoms with Crippen LogP contribution in [0.1, 0.15) is 23.5 Å². The first kappa shape index (κ1) is 16.1. The molecule has 1 fully saturated rings. The lowest BCUT2D eigenvalue weighted by molar-refractivity contribution is 0.172. The fourth-order valence-electron chi connectivity index (χ4n) is 3.74. The van der Waals surface area contributed by atoms with Crippen LogP contribution >= 0.6 is 0 Å². The summed E-state index contributed by atoms with van der Waals surface area (Å²) in [6.45, 7) is 3.23. The van der Waals surface area contributed by atoms with Gasteiger partial charge < -0.3 is 18.9 Å². The van der Waals surface area contributed by atoms with Gasteiger partial charge in [-0.3, -0.25) is 4.90 Å². The van der Waals surface area contributed by atoms with Gasteiger partial charge in [0.1, 0.15) is 11.5 Å². The molecule has 2 aromatic carbocycles. The zero-order valence-electron chi connectivity index (χ0n) is 14.7. The Balaban J connectivity index is 1.50. The minimum atomic E-state index is 0.315. The molecule has 0 bridgehead atoms. The van der Waals surface area contributed by atoms with E-state index in [9.17, 15) is 0 Å². The van der Waals surface area contributed by atoms with Crippen molar-refractivity contribution in [3.05, 3.63) is 47.5 Å². The topological polar surface area (TPSA) is 40.2 Å². The number of benzene rings is 2. The normalized spacial score (nSPS) is 19.2. The molecule has 0 N–H and O–H groups in total. The first-order valence-electron chi connectivity index (χ1n) is 8.60. The standard InChI is InChI=1S/C20H23NO4/c1-22-16-6-7-18(23-2)17(10-16)14-8-9-21(11-14)12-15-4-3-5-19-20(15)25-13-24-19/h3-7,10,14H,8-9,11-13H2,1-2H3/t14-/m0/s1. The van der Waals surface area contributed by atoms with Crippen molar-refractivity contribution < 1.29 is 18.9 Å². The highest BCUT2D eigenvalue weighted by molar-refractivity contribution is 5.48. The summed E-state index contributed by atoms with van der Waals surface area (Å²) in [4.78, 5) is 2.46. The molecule has 0 saturated carbocycles. The van der Waals surface area contributed by atoms with Crippen LogP contribution in [0.5, 0.6) is 23.0 Å². The lowest BCUT2D eigenvalue weighted by Gasteiger charge is -2.19. The van der Waals surface area contributed by atoms with Crippen molar-refractivity contribution in [1.82, 2.24) is 4.90 Å². The second-order valence-electron chi connectivity index (χ2n) is 6.48. The van der Waals surface area contributed by atoms with Gasteiger partial charge in [0, 0.05) is 30.1 Å². The Kier molecular flexibility index (Phi) is 4.40. The Morgan fingerprint density at radius 1 is 1.12 bits per heavy atom. The maximum atomic E-state index is 5.63. The van der Waals surface area contributed by atoms with Gasteiger partial charge in [0.2, 0.25) is 6.79 Å². The molecule has 0 spiro atoms. The van der Waals surface area contributed by atoms with Crippen LogP contribution in [-0.2, 0) is 6.54 Å². The number of methoxy groups -OCH3 is 2. The van der Waals surface area contributed by atoms with Gasteiger partial charge in [-0.1, -0.05) is 12.1 Å². The summed E-state index contributed by atoms with van der Waals surface area (Å²) >= 11 is 0. The molecule has 4 rings (SSSR count). The largest absolute Gasteiger partial charge is 0.497 e. The van der Waals surface area contributed by atoms with Gasteiger partial charge in [-0.2, -0.15) is 0 Å². The molecule has 5 nitrogen and oxygen atoms in total. The molecule has 0 radical (unpaired) electrons. The van der Waals surface area contributed by atoms with Gasteiger partial charge >= 0.3 is 0 Å². The van der Waals surface area contributed by atoms with Crippen LogP contribution in [0.2, 0.25) is 0 Å². The van der Waals surface area contributed by atoms with Gasteiger partial charge in [0.25, 0.3) is 0 Å². The third-order valence-corrected chi connectivity index (χ3v) is 5.02. The minimum absolute atomic E-state index is 0.315. The summed E-state index contributed by atoms with van der Waals surface area (Å²) in [5.41, 5.74) is 2.41. The highest BCUT2D eigenvalue weighted by Crippen LogP contribution is 2.39. The Labute approximate surface area is 148 Å². The predicted octanol–water partition coefficient (Wildman–Crippen LogP) is 3.42. The molecule has 2 aliphatic rings. The van der Waals surface area contributed by atoms with Crippen molar-refractivity contribution in [1.29, 1.82) is 0 Å². The van der Waals surface area contributed by atoms with Gasteiger partial charge in [0.15, 0.2) is 11.5 Å². The summed E-state index contributed by atoms with van der Waals surface area (Å²) in [7, 11) is 3.42. The maximum absolute atomic E-state index is 5.63. The third kappa shape index (κ3) is 3.12. The van der Waals surface area contributed by atoms with E-state index in [1.165, 1.54) is 11.1 Å². The van der Waals surface area contributed by atoms with E-state index in [1.54, 1.807) is 14.2 Å². The number of ether oxygens (including phenoxy) is 4. The highest BCUT2D eigenvalue weighted by atomic mass is 16.7. The van der Waals surface area contributed by atoms with E-state index in [0.29, 0.717) is 12.7 Å². The molecule has 5 heteroatoms. The summed E-state index contributed by atoms with van der Waals surface area (Å²) in [6, 6.07) is 12.1. The van der Waals surface area contributed by atoms with Crippen molar-refractivity contribution in [2.24, 2.45) is 0 Å².